The van der Waals surface area contributed by atoms with Gasteiger partial charge in [0, 0.05) is 24.8 Å². The summed E-state index contributed by atoms with van der Waals surface area (Å²) in [5, 5.41) is 10.0. The number of carbonyl (C=O) groups is 1. The van der Waals surface area contributed by atoms with E-state index in [4.69, 9.17) is 11.5 Å². The molecule has 0 saturated heterocycles. The third-order valence-electron chi connectivity index (χ3n) is 4.99. The fraction of sp³-hybridized carbons (Fsp3) is 0.381. The van der Waals surface area contributed by atoms with Crippen molar-refractivity contribution in [3.8, 4) is 0 Å². The monoisotopic (exact) mass is 431 g/mol. The maximum absolute atomic E-state index is 14.7. The van der Waals surface area contributed by atoms with Crippen LogP contribution in [0.3, 0.4) is 0 Å². The van der Waals surface area contributed by atoms with Crippen molar-refractivity contribution in [3.63, 3.8) is 0 Å². The number of rotatable bonds is 8. The number of benzene rings is 1. The number of amides is 1. The number of fused-ring (bicyclic) bond motifs is 1. The Hall–Kier alpha value is -3.27. The third-order valence-corrected chi connectivity index (χ3v) is 4.99. The zero-order valence-corrected chi connectivity index (χ0v) is 17.9. The molecule has 0 spiro atoms. The number of anilines is 3. The lowest BCUT2D eigenvalue weighted by Gasteiger charge is -2.25. The van der Waals surface area contributed by atoms with Crippen LogP contribution >= 0.6 is 0 Å². The summed E-state index contributed by atoms with van der Waals surface area (Å²) in [7, 11) is 1.63. The Morgan fingerprint density at radius 2 is 1.90 bits per heavy atom. The number of nitrogens with zero attached hydrogens (tertiary/aromatic N) is 3. The summed E-state index contributed by atoms with van der Waals surface area (Å²) < 4.78 is 30.2. The van der Waals surface area contributed by atoms with Crippen LogP contribution in [0.15, 0.2) is 24.3 Å². The molecule has 0 aliphatic carbocycles. The van der Waals surface area contributed by atoms with Crippen LogP contribution < -0.4 is 22.1 Å². The molecule has 3 rings (SSSR count). The molecule has 1 aromatic carbocycles. The molecule has 0 bridgehead atoms. The van der Waals surface area contributed by atoms with Crippen molar-refractivity contribution in [3.05, 3.63) is 41.6 Å². The minimum Gasteiger partial charge on any atom is -0.365 e. The second-order valence-corrected chi connectivity index (χ2v) is 8.09. The maximum Gasteiger partial charge on any atom is 0.252 e. The number of nitrogens with two attached hydrogens (primary N) is 2. The van der Waals surface area contributed by atoms with Crippen molar-refractivity contribution < 1.29 is 13.6 Å². The number of hydrogen-bond acceptors (Lipinski definition) is 6. The van der Waals surface area contributed by atoms with E-state index in [2.05, 4.69) is 20.7 Å². The highest BCUT2D eigenvalue weighted by molar-refractivity contribution is 5.99. The van der Waals surface area contributed by atoms with E-state index in [1.165, 1.54) is 10.7 Å². The molecular weight excluding hydrogens is 404 g/mol. The zero-order chi connectivity index (χ0) is 22.9. The first-order valence-electron chi connectivity index (χ1n) is 9.98. The number of aromatic nitrogens is 3. The molecule has 0 radical (unpaired) electrons. The van der Waals surface area contributed by atoms with Crippen molar-refractivity contribution in [2.24, 2.45) is 24.4 Å². The molecule has 1 amide bonds. The second-order valence-electron chi connectivity index (χ2n) is 8.09. The molecule has 6 N–H and O–H groups in total. The predicted octanol–water partition coefficient (Wildman–Crippen LogP) is 3.26. The van der Waals surface area contributed by atoms with Gasteiger partial charge in [-0.05, 0) is 43.5 Å². The Labute approximate surface area is 179 Å². The molecule has 31 heavy (non-hydrogen) atoms. The molecular formula is C21H27F2N7O. The van der Waals surface area contributed by atoms with Crippen molar-refractivity contribution in [1.29, 1.82) is 0 Å². The number of hydrogen-bond donors (Lipinski definition) is 4. The summed E-state index contributed by atoms with van der Waals surface area (Å²) in [6, 6.07) is 5.42. The minimum absolute atomic E-state index is 0.0491. The molecule has 0 saturated carbocycles. The van der Waals surface area contributed by atoms with Crippen LogP contribution in [-0.4, -0.2) is 32.8 Å². The predicted molar refractivity (Wildman–Crippen MR) is 117 cm³/mol. The number of nitrogens with one attached hydrogen (secondary N) is 2. The van der Waals surface area contributed by atoms with Crippen LogP contribution in [-0.2, 0) is 7.05 Å². The van der Waals surface area contributed by atoms with Gasteiger partial charge in [-0.2, -0.15) is 4.39 Å². The van der Waals surface area contributed by atoms with Gasteiger partial charge < -0.3 is 22.1 Å². The van der Waals surface area contributed by atoms with Crippen molar-refractivity contribution in [2.75, 3.05) is 10.6 Å². The SMILES string of the molecule is CC(C)C[C@@H](Nc1nc(Nc2ccc3c(c2)c(F)nn3C)c(C(N)=O)cc1F)[C@H](C)N. The lowest BCUT2D eigenvalue weighted by Crippen LogP contribution is -2.39. The normalized spacial score (nSPS) is 13.4. The summed E-state index contributed by atoms with van der Waals surface area (Å²) in [5.74, 6) is -1.87. The number of halogens is 2. The number of aryl methyl sites for hydroxylation is 1. The molecule has 3 aromatic rings. The van der Waals surface area contributed by atoms with Gasteiger partial charge in [0.05, 0.1) is 16.5 Å². The number of carbonyl (C=O) groups excluding carboxylic acids is 1. The van der Waals surface area contributed by atoms with Crippen LogP contribution in [0.1, 0.15) is 37.6 Å². The Kier molecular flexibility index (Phi) is 6.40. The Morgan fingerprint density at radius 3 is 2.52 bits per heavy atom. The molecule has 0 aliphatic heterocycles. The highest BCUT2D eigenvalue weighted by atomic mass is 19.1. The Balaban J connectivity index is 1.99. The van der Waals surface area contributed by atoms with Crippen LogP contribution in [0.5, 0.6) is 0 Å². The summed E-state index contributed by atoms with van der Waals surface area (Å²) >= 11 is 0. The van der Waals surface area contributed by atoms with E-state index >= 15 is 0 Å². The molecule has 0 unspecified atom stereocenters. The van der Waals surface area contributed by atoms with Crippen LogP contribution in [0, 0.1) is 17.7 Å². The quantitative estimate of drug-likeness (QED) is 0.434. The smallest absolute Gasteiger partial charge is 0.252 e. The molecule has 2 atom stereocenters. The van der Waals surface area contributed by atoms with Crippen LogP contribution in [0.2, 0.25) is 0 Å². The van der Waals surface area contributed by atoms with Crippen molar-refractivity contribution >= 4 is 34.1 Å². The molecule has 2 aromatic heterocycles. The first kappa shape index (κ1) is 22.4. The number of pyridine rings is 1. The topological polar surface area (TPSA) is 124 Å². The van der Waals surface area contributed by atoms with Gasteiger partial charge in [0.25, 0.3) is 5.91 Å². The van der Waals surface area contributed by atoms with E-state index in [0.717, 1.165) is 6.07 Å². The van der Waals surface area contributed by atoms with Gasteiger partial charge in [0.2, 0.25) is 5.95 Å². The molecule has 8 nitrogen and oxygen atoms in total. The van der Waals surface area contributed by atoms with Crippen molar-refractivity contribution in [2.45, 2.75) is 39.3 Å². The molecule has 0 aliphatic rings. The van der Waals surface area contributed by atoms with Gasteiger partial charge in [-0.15, -0.1) is 5.10 Å². The lowest BCUT2D eigenvalue weighted by molar-refractivity contribution is 0.100. The van der Waals surface area contributed by atoms with Gasteiger partial charge in [-0.25, -0.2) is 9.37 Å². The average molecular weight is 431 g/mol. The van der Waals surface area contributed by atoms with Crippen LogP contribution in [0.25, 0.3) is 10.9 Å². The summed E-state index contributed by atoms with van der Waals surface area (Å²) in [6.45, 7) is 5.90. The summed E-state index contributed by atoms with van der Waals surface area (Å²) in [4.78, 5) is 16.1. The number of primary amides is 1. The van der Waals surface area contributed by atoms with E-state index in [9.17, 15) is 13.6 Å². The second kappa shape index (κ2) is 8.84. The average Bonchev–Trinajstić information content (AvgIpc) is 2.96. The summed E-state index contributed by atoms with van der Waals surface area (Å²) in [5.41, 5.74) is 12.4. The van der Waals surface area contributed by atoms with Gasteiger partial charge in [0.1, 0.15) is 5.82 Å². The molecule has 10 heteroatoms. The molecule has 0 fully saturated rings. The first-order valence-corrected chi connectivity index (χ1v) is 9.98. The van der Waals surface area contributed by atoms with E-state index in [-0.39, 0.29) is 29.3 Å². The fourth-order valence-corrected chi connectivity index (χ4v) is 3.40. The Bertz CT molecular complexity index is 1110. The Morgan fingerprint density at radius 1 is 1.19 bits per heavy atom. The summed E-state index contributed by atoms with van der Waals surface area (Å²) in [6.07, 6.45) is 0.704. The molecule has 2 heterocycles. The van der Waals surface area contributed by atoms with Crippen molar-refractivity contribution in [1.82, 2.24) is 14.8 Å². The van der Waals surface area contributed by atoms with Gasteiger partial charge in [-0.1, -0.05) is 13.8 Å². The lowest BCUT2D eigenvalue weighted by atomic mass is 9.99. The van der Waals surface area contributed by atoms with E-state index in [1.54, 1.807) is 19.2 Å². The van der Waals surface area contributed by atoms with Gasteiger partial charge in [0.15, 0.2) is 11.6 Å². The standard InChI is InChI=1S/C21H27F2N7O/c1-10(2)7-16(11(3)24)27-21-15(22)9-14(19(25)31)20(28-21)26-12-5-6-17-13(8-12)18(23)29-30(17)4/h5-6,8-11,16H,7,24H2,1-4H3,(H2,25,31)(H2,26,27,28)/t11-,16+/m0/s1. The van der Waals surface area contributed by atoms with Gasteiger partial charge >= 0.3 is 0 Å². The molecule has 166 valence electrons. The maximum atomic E-state index is 14.7. The van der Waals surface area contributed by atoms with E-state index < -0.39 is 17.7 Å². The largest absolute Gasteiger partial charge is 0.365 e. The highest BCUT2D eigenvalue weighted by Crippen LogP contribution is 2.27. The van der Waals surface area contributed by atoms with Gasteiger partial charge in [-0.3, -0.25) is 9.48 Å². The zero-order valence-electron chi connectivity index (χ0n) is 17.9. The first-order chi connectivity index (χ1) is 14.6. The minimum atomic E-state index is -0.847. The fourth-order valence-electron chi connectivity index (χ4n) is 3.40. The van der Waals surface area contributed by atoms with E-state index in [1.807, 2.05) is 20.8 Å². The third kappa shape index (κ3) is 4.91. The van der Waals surface area contributed by atoms with Crippen LogP contribution in [0.4, 0.5) is 26.1 Å². The van der Waals surface area contributed by atoms with E-state index in [0.29, 0.717) is 28.9 Å². The highest BCUT2D eigenvalue weighted by Gasteiger charge is 2.21.